The fourth-order valence-electron chi connectivity index (χ4n) is 2.97. The summed E-state index contributed by atoms with van der Waals surface area (Å²) in [6.07, 6.45) is 3.33. The van der Waals surface area contributed by atoms with Gasteiger partial charge in [-0.25, -0.2) is 4.98 Å². The van der Waals surface area contributed by atoms with E-state index in [1.54, 1.807) is 13.3 Å². The highest BCUT2D eigenvalue weighted by molar-refractivity contribution is 14.0. The minimum Gasteiger partial charge on any atom is -0.493 e. The van der Waals surface area contributed by atoms with Gasteiger partial charge in [0.2, 0.25) is 5.82 Å². The summed E-state index contributed by atoms with van der Waals surface area (Å²) >= 11 is 0. The molecule has 0 saturated heterocycles. The zero-order valence-corrected chi connectivity index (χ0v) is 21.5. The Labute approximate surface area is 206 Å². The fraction of sp³-hybridized carbons (Fsp3) is 0.435. The van der Waals surface area contributed by atoms with Crippen molar-refractivity contribution < 1.29 is 9.15 Å². The monoisotopic (exact) mass is 552 g/mol. The number of guanidine groups is 1. The molecule has 0 bridgehead atoms. The number of aryl methyl sites for hydroxylation is 1. The Kier molecular flexibility index (Phi) is 10.5. The molecule has 3 aromatic rings. The molecule has 0 unspecified atom stereocenters. The van der Waals surface area contributed by atoms with Crippen LogP contribution < -0.4 is 15.4 Å². The normalized spacial score (nSPS) is 11.3. The minimum atomic E-state index is 0. The van der Waals surface area contributed by atoms with Crippen LogP contribution in [0.2, 0.25) is 0 Å². The lowest BCUT2D eigenvalue weighted by atomic mass is 10.1. The van der Waals surface area contributed by atoms with Crippen LogP contribution in [-0.2, 0) is 13.0 Å². The number of ether oxygens (including phenoxy) is 1. The first-order chi connectivity index (χ1) is 15.0. The molecule has 0 spiro atoms. The number of H-pyrrole nitrogens is 1. The number of halogens is 1. The molecule has 0 aliphatic carbocycles. The summed E-state index contributed by atoms with van der Waals surface area (Å²) in [6.45, 7) is 8.49. The predicted octanol–water partition coefficient (Wildman–Crippen LogP) is 4.32. The smallest absolute Gasteiger partial charge is 0.216 e. The third-order valence-corrected chi connectivity index (χ3v) is 4.77. The number of aromatic nitrogens is 3. The van der Waals surface area contributed by atoms with Crippen LogP contribution in [0.3, 0.4) is 0 Å². The van der Waals surface area contributed by atoms with Gasteiger partial charge in [0.1, 0.15) is 11.6 Å². The zero-order chi connectivity index (χ0) is 22.1. The highest BCUT2D eigenvalue weighted by atomic mass is 127. The molecule has 9 heteroatoms. The first-order valence-electron chi connectivity index (χ1n) is 10.7. The summed E-state index contributed by atoms with van der Waals surface area (Å²) in [4.78, 5) is 8.76. The van der Waals surface area contributed by atoms with E-state index < -0.39 is 0 Å². The van der Waals surface area contributed by atoms with Gasteiger partial charge in [-0.15, -0.1) is 24.0 Å². The Morgan fingerprint density at radius 1 is 1.25 bits per heavy atom. The first kappa shape index (κ1) is 25.7. The fourth-order valence-corrected chi connectivity index (χ4v) is 2.97. The summed E-state index contributed by atoms with van der Waals surface area (Å²) in [6, 6.07) is 9.95. The maximum atomic E-state index is 6.04. The molecule has 8 nitrogen and oxygen atoms in total. The van der Waals surface area contributed by atoms with Crippen LogP contribution in [0.25, 0.3) is 11.6 Å². The van der Waals surface area contributed by atoms with E-state index in [1.807, 2.05) is 12.1 Å². The van der Waals surface area contributed by atoms with Crippen molar-refractivity contribution in [2.75, 3.05) is 20.2 Å². The van der Waals surface area contributed by atoms with Gasteiger partial charge in [0.05, 0.1) is 12.9 Å². The Bertz CT molecular complexity index is 969. The molecular formula is C23H33IN6O2. The highest BCUT2D eigenvalue weighted by Crippen LogP contribution is 2.21. The van der Waals surface area contributed by atoms with Crippen LogP contribution >= 0.6 is 24.0 Å². The Morgan fingerprint density at radius 2 is 2.09 bits per heavy atom. The van der Waals surface area contributed by atoms with Crippen LogP contribution in [0, 0.1) is 12.8 Å². The predicted molar refractivity (Wildman–Crippen MR) is 138 cm³/mol. The second-order valence-corrected chi connectivity index (χ2v) is 7.83. The summed E-state index contributed by atoms with van der Waals surface area (Å²) in [5.74, 6) is 4.27. The number of nitrogens with one attached hydrogen (secondary N) is 3. The van der Waals surface area contributed by atoms with Gasteiger partial charge < -0.3 is 19.8 Å². The van der Waals surface area contributed by atoms with E-state index in [1.165, 1.54) is 5.56 Å². The van der Waals surface area contributed by atoms with E-state index in [4.69, 9.17) is 9.15 Å². The third kappa shape index (κ3) is 7.85. The van der Waals surface area contributed by atoms with Crippen molar-refractivity contribution >= 4 is 29.9 Å². The van der Waals surface area contributed by atoms with Gasteiger partial charge in [0.15, 0.2) is 11.7 Å². The van der Waals surface area contributed by atoms with E-state index in [0.29, 0.717) is 37.0 Å². The third-order valence-electron chi connectivity index (χ3n) is 4.77. The highest BCUT2D eigenvalue weighted by Gasteiger charge is 2.09. The van der Waals surface area contributed by atoms with Gasteiger partial charge in [0, 0.05) is 32.1 Å². The molecule has 3 N–H and O–H groups in total. The molecule has 0 aliphatic rings. The van der Waals surface area contributed by atoms with Gasteiger partial charge >= 0.3 is 0 Å². The lowest BCUT2D eigenvalue weighted by molar-refractivity contribution is 0.286. The topological polar surface area (TPSA) is 100 Å². The number of aromatic amines is 1. The number of hydrogen-bond acceptors (Lipinski definition) is 5. The van der Waals surface area contributed by atoms with Crippen molar-refractivity contribution in [3.05, 3.63) is 53.5 Å². The maximum Gasteiger partial charge on any atom is 0.216 e. The zero-order valence-electron chi connectivity index (χ0n) is 19.1. The molecule has 0 aliphatic heterocycles. The van der Waals surface area contributed by atoms with Gasteiger partial charge in [-0.3, -0.25) is 10.1 Å². The molecule has 0 amide bonds. The first-order valence-corrected chi connectivity index (χ1v) is 10.7. The van der Waals surface area contributed by atoms with E-state index >= 15 is 0 Å². The molecular weight excluding hydrogens is 519 g/mol. The van der Waals surface area contributed by atoms with Gasteiger partial charge in [-0.2, -0.15) is 5.10 Å². The van der Waals surface area contributed by atoms with Crippen molar-refractivity contribution in [1.82, 2.24) is 25.8 Å². The number of rotatable bonds is 10. The maximum absolute atomic E-state index is 6.04. The molecule has 0 fully saturated rings. The standard InChI is InChI=1S/C23H32N6O2.HI/c1-16(2)10-13-31-20-14-17(3)7-8-18(20)15-26-23(24-4)25-11-9-21-27-22(29-28-21)19-6-5-12-30-19;/h5-8,12,14,16H,9-11,13,15H2,1-4H3,(H2,24,25,26)(H,27,28,29);1H. The van der Waals surface area contributed by atoms with Crippen LogP contribution in [0.5, 0.6) is 5.75 Å². The van der Waals surface area contributed by atoms with Crippen molar-refractivity contribution in [2.45, 2.75) is 40.2 Å². The van der Waals surface area contributed by atoms with E-state index in [9.17, 15) is 0 Å². The lowest BCUT2D eigenvalue weighted by Gasteiger charge is -2.16. The molecule has 2 heterocycles. The van der Waals surface area contributed by atoms with Crippen LogP contribution in [0.1, 0.15) is 37.2 Å². The van der Waals surface area contributed by atoms with Gasteiger partial charge in [0.25, 0.3) is 0 Å². The average Bonchev–Trinajstić information content (AvgIpc) is 3.43. The van der Waals surface area contributed by atoms with Crippen LogP contribution in [-0.4, -0.2) is 41.3 Å². The van der Waals surface area contributed by atoms with Crippen molar-refractivity contribution in [3.8, 4) is 17.3 Å². The molecule has 0 radical (unpaired) electrons. The number of benzene rings is 1. The number of aliphatic imine (C=N–C) groups is 1. The SMILES string of the molecule is CN=C(NCCc1nc(-c2ccco2)n[nH]1)NCc1ccc(C)cc1OCCC(C)C.I. The number of furan rings is 1. The van der Waals surface area contributed by atoms with Crippen LogP contribution in [0.4, 0.5) is 0 Å². The summed E-state index contributed by atoms with van der Waals surface area (Å²) in [5.41, 5.74) is 2.29. The molecule has 32 heavy (non-hydrogen) atoms. The summed E-state index contributed by atoms with van der Waals surface area (Å²) in [5, 5.41) is 13.8. The summed E-state index contributed by atoms with van der Waals surface area (Å²) in [7, 11) is 1.76. The Morgan fingerprint density at radius 3 is 2.81 bits per heavy atom. The largest absolute Gasteiger partial charge is 0.493 e. The average molecular weight is 552 g/mol. The molecule has 2 aromatic heterocycles. The van der Waals surface area contributed by atoms with E-state index in [-0.39, 0.29) is 24.0 Å². The quantitative estimate of drug-likeness (QED) is 0.197. The second-order valence-electron chi connectivity index (χ2n) is 7.83. The molecule has 174 valence electrons. The molecule has 1 aromatic carbocycles. The second kappa shape index (κ2) is 13.1. The lowest BCUT2D eigenvalue weighted by Crippen LogP contribution is -2.38. The van der Waals surface area contributed by atoms with Crippen LogP contribution in [0.15, 0.2) is 46.0 Å². The van der Waals surface area contributed by atoms with Gasteiger partial charge in [-0.1, -0.05) is 26.0 Å². The number of nitrogens with zero attached hydrogens (tertiary/aromatic N) is 3. The Hall–Kier alpha value is -2.56. The number of hydrogen-bond donors (Lipinski definition) is 3. The van der Waals surface area contributed by atoms with Crippen molar-refractivity contribution in [2.24, 2.45) is 10.9 Å². The molecule has 0 saturated carbocycles. The molecule has 0 atom stereocenters. The van der Waals surface area contributed by atoms with E-state index in [2.05, 4.69) is 69.8 Å². The van der Waals surface area contributed by atoms with Crippen molar-refractivity contribution in [1.29, 1.82) is 0 Å². The summed E-state index contributed by atoms with van der Waals surface area (Å²) < 4.78 is 11.4. The molecule has 3 rings (SSSR count). The van der Waals surface area contributed by atoms with E-state index in [0.717, 1.165) is 36.1 Å². The van der Waals surface area contributed by atoms with Crippen molar-refractivity contribution in [3.63, 3.8) is 0 Å². The minimum absolute atomic E-state index is 0. The Balaban J connectivity index is 0.00000363. The van der Waals surface area contributed by atoms with Gasteiger partial charge in [-0.05, 0) is 43.0 Å².